The van der Waals surface area contributed by atoms with Crippen LogP contribution in [-0.2, 0) is 17.6 Å². The van der Waals surface area contributed by atoms with E-state index >= 15 is 0 Å². The minimum absolute atomic E-state index is 0.148. The third-order valence-corrected chi connectivity index (χ3v) is 6.18. The fraction of sp³-hybridized carbons (Fsp3) is 0.545. The van der Waals surface area contributed by atoms with Gasteiger partial charge in [-0.05, 0) is 55.4 Å². The van der Waals surface area contributed by atoms with E-state index in [0.29, 0.717) is 11.8 Å². The van der Waals surface area contributed by atoms with E-state index in [1.165, 1.54) is 5.56 Å². The second-order valence-electron chi connectivity index (χ2n) is 7.99. The molecule has 0 saturated heterocycles. The van der Waals surface area contributed by atoms with Gasteiger partial charge in [0.05, 0.1) is 0 Å². The third kappa shape index (κ3) is 5.53. The number of aryl methyl sites for hydroxylation is 2. The first-order valence-electron chi connectivity index (χ1n) is 9.98. The summed E-state index contributed by atoms with van der Waals surface area (Å²) in [5.41, 5.74) is 2.33. The molecular formula is C22H30N4OS. The van der Waals surface area contributed by atoms with Crippen LogP contribution in [0.1, 0.15) is 49.2 Å². The SMILES string of the molecule is CSc1cnc(CCC(C)CCc2ccc([C@H]3C[C@@H]3C(=O)N(C)C)cn2)nc1. The van der Waals surface area contributed by atoms with Crippen molar-refractivity contribution in [1.82, 2.24) is 19.9 Å². The Balaban J connectivity index is 1.41. The monoisotopic (exact) mass is 398 g/mol. The molecule has 1 amide bonds. The number of thioether (sulfide) groups is 1. The van der Waals surface area contributed by atoms with Gasteiger partial charge in [0, 0.05) is 55.6 Å². The van der Waals surface area contributed by atoms with Crippen LogP contribution in [-0.4, -0.2) is 46.1 Å². The molecule has 2 aromatic rings. The van der Waals surface area contributed by atoms with E-state index in [1.807, 2.05) is 38.9 Å². The van der Waals surface area contributed by atoms with Crippen LogP contribution >= 0.6 is 11.8 Å². The lowest BCUT2D eigenvalue weighted by atomic mass is 9.98. The lowest BCUT2D eigenvalue weighted by Crippen LogP contribution is -2.23. The minimum atomic E-state index is 0.148. The summed E-state index contributed by atoms with van der Waals surface area (Å²) in [4.78, 5) is 28.3. The van der Waals surface area contributed by atoms with Crippen molar-refractivity contribution in [3.05, 3.63) is 47.8 Å². The van der Waals surface area contributed by atoms with Crippen molar-refractivity contribution in [3.8, 4) is 0 Å². The molecule has 1 aliphatic rings. The molecule has 0 spiro atoms. The lowest BCUT2D eigenvalue weighted by Gasteiger charge is -2.11. The van der Waals surface area contributed by atoms with E-state index in [0.717, 1.165) is 48.5 Å². The summed E-state index contributed by atoms with van der Waals surface area (Å²) in [5, 5.41) is 0. The Morgan fingerprint density at radius 3 is 2.46 bits per heavy atom. The molecular weight excluding hydrogens is 368 g/mol. The molecule has 3 atom stereocenters. The Labute approximate surface area is 172 Å². The molecule has 5 nitrogen and oxygen atoms in total. The van der Waals surface area contributed by atoms with Gasteiger partial charge in [-0.25, -0.2) is 9.97 Å². The lowest BCUT2D eigenvalue weighted by molar-refractivity contribution is -0.130. The van der Waals surface area contributed by atoms with Crippen LogP contribution in [0.25, 0.3) is 0 Å². The smallest absolute Gasteiger partial charge is 0.225 e. The highest BCUT2D eigenvalue weighted by Gasteiger charge is 2.44. The van der Waals surface area contributed by atoms with Crippen molar-refractivity contribution >= 4 is 17.7 Å². The molecule has 1 fully saturated rings. The molecule has 0 N–H and O–H groups in total. The van der Waals surface area contributed by atoms with Gasteiger partial charge in [0.2, 0.25) is 5.91 Å². The number of carbonyl (C=O) groups excluding carboxylic acids is 1. The molecule has 1 saturated carbocycles. The van der Waals surface area contributed by atoms with Gasteiger partial charge in [0.15, 0.2) is 0 Å². The highest BCUT2D eigenvalue weighted by atomic mass is 32.2. The molecule has 3 rings (SSSR count). The normalized spacial score (nSPS) is 19.3. The first-order valence-corrected chi connectivity index (χ1v) is 11.2. The largest absolute Gasteiger partial charge is 0.349 e. The van der Waals surface area contributed by atoms with Gasteiger partial charge in [0.25, 0.3) is 0 Å². The number of hydrogen-bond acceptors (Lipinski definition) is 5. The van der Waals surface area contributed by atoms with Gasteiger partial charge in [-0.1, -0.05) is 13.0 Å². The fourth-order valence-corrected chi connectivity index (χ4v) is 3.78. The number of nitrogens with zero attached hydrogens (tertiary/aromatic N) is 4. The number of hydrogen-bond donors (Lipinski definition) is 0. The van der Waals surface area contributed by atoms with Crippen molar-refractivity contribution in [1.29, 1.82) is 0 Å². The molecule has 1 aliphatic carbocycles. The highest BCUT2D eigenvalue weighted by Crippen LogP contribution is 2.48. The Morgan fingerprint density at radius 1 is 1.14 bits per heavy atom. The number of rotatable bonds is 9. The predicted molar refractivity (Wildman–Crippen MR) is 113 cm³/mol. The van der Waals surface area contributed by atoms with Gasteiger partial charge < -0.3 is 4.90 Å². The summed E-state index contributed by atoms with van der Waals surface area (Å²) >= 11 is 1.67. The van der Waals surface area contributed by atoms with Crippen LogP contribution < -0.4 is 0 Å². The van der Waals surface area contributed by atoms with Gasteiger partial charge in [-0.3, -0.25) is 9.78 Å². The van der Waals surface area contributed by atoms with Crippen molar-refractivity contribution in [2.75, 3.05) is 20.4 Å². The Kier molecular flexibility index (Phi) is 7.05. The molecule has 0 radical (unpaired) electrons. The predicted octanol–water partition coefficient (Wildman–Crippen LogP) is 3.99. The average Bonchev–Trinajstić information content (AvgIpc) is 3.51. The van der Waals surface area contributed by atoms with Gasteiger partial charge in [0.1, 0.15) is 5.82 Å². The average molecular weight is 399 g/mol. The number of amides is 1. The van der Waals surface area contributed by atoms with Crippen LogP contribution in [0.2, 0.25) is 0 Å². The van der Waals surface area contributed by atoms with Gasteiger partial charge in [-0.2, -0.15) is 0 Å². The summed E-state index contributed by atoms with van der Waals surface area (Å²) in [7, 11) is 3.65. The van der Waals surface area contributed by atoms with E-state index in [2.05, 4.69) is 34.0 Å². The van der Waals surface area contributed by atoms with E-state index in [-0.39, 0.29) is 11.8 Å². The minimum Gasteiger partial charge on any atom is -0.349 e. The van der Waals surface area contributed by atoms with Gasteiger partial charge >= 0.3 is 0 Å². The highest BCUT2D eigenvalue weighted by molar-refractivity contribution is 7.98. The topological polar surface area (TPSA) is 59.0 Å². The Hall–Kier alpha value is -1.95. The summed E-state index contributed by atoms with van der Waals surface area (Å²) in [6.07, 6.45) is 12.9. The second kappa shape index (κ2) is 9.50. The van der Waals surface area contributed by atoms with Gasteiger partial charge in [-0.15, -0.1) is 11.8 Å². The van der Waals surface area contributed by atoms with Crippen LogP contribution in [0.15, 0.2) is 35.6 Å². The Bertz CT molecular complexity index is 776. The van der Waals surface area contributed by atoms with Crippen LogP contribution in [0.5, 0.6) is 0 Å². The third-order valence-electron chi connectivity index (χ3n) is 5.50. The maximum atomic E-state index is 12.0. The number of aromatic nitrogens is 3. The molecule has 150 valence electrons. The fourth-order valence-electron chi connectivity index (χ4n) is 3.46. The van der Waals surface area contributed by atoms with Crippen molar-refractivity contribution < 1.29 is 4.79 Å². The first-order chi connectivity index (χ1) is 13.5. The zero-order valence-electron chi connectivity index (χ0n) is 17.3. The van der Waals surface area contributed by atoms with Crippen molar-refractivity contribution in [3.63, 3.8) is 0 Å². The maximum Gasteiger partial charge on any atom is 0.225 e. The van der Waals surface area contributed by atoms with Crippen molar-refractivity contribution in [2.45, 2.75) is 49.8 Å². The molecule has 0 bridgehead atoms. The van der Waals surface area contributed by atoms with Crippen LogP contribution in [0.4, 0.5) is 0 Å². The molecule has 2 aromatic heterocycles. The standard InChI is InChI=1S/C22H30N4OS/c1-15(6-10-21-24-13-18(28-4)14-25-21)5-8-17-9-7-16(12-23-17)19-11-20(19)22(27)26(2)3/h7,9,12-15,19-20H,5-6,8,10-11H2,1-4H3/t15?,19-,20+/m1/s1. The Morgan fingerprint density at radius 2 is 1.86 bits per heavy atom. The van der Waals surface area contributed by atoms with E-state index in [9.17, 15) is 4.79 Å². The second-order valence-corrected chi connectivity index (χ2v) is 8.87. The zero-order valence-corrected chi connectivity index (χ0v) is 18.1. The number of pyridine rings is 1. The summed E-state index contributed by atoms with van der Waals surface area (Å²) in [6, 6.07) is 4.28. The van der Waals surface area contributed by atoms with E-state index < -0.39 is 0 Å². The summed E-state index contributed by atoms with van der Waals surface area (Å²) in [6.45, 7) is 2.28. The van der Waals surface area contributed by atoms with E-state index in [4.69, 9.17) is 0 Å². The quantitative estimate of drug-likeness (QED) is 0.598. The molecule has 6 heteroatoms. The maximum absolute atomic E-state index is 12.0. The summed E-state index contributed by atoms with van der Waals surface area (Å²) in [5.74, 6) is 2.27. The molecule has 28 heavy (non-hydrogen) atoms. The van der Waals surface area contributed by atoms with Crippen LogP contribution in [0.3, 0.4) is 0 Å². The van der Waals surface area contributed by atoms with Crippen LogP contribution in [0, 0.1) is 11.8 Å². The number of carbonyl (C=O) groups is 1. The van der Waals surface area contributed by atoms with Crippen molar-refractivity contribution in [2.24, 2.45) is 11.8 Å². The molecule has 0 aliphatic heterocycles. The molecule has 1 unspecified atom stereocenters. The summed E-state index contributed by atoms with van der Waals surface area (Å²) < 4.78 is 0. The molecule has 0 aromatic carbocycles. The molecule has 2 heterocycles. The first kappa shape index (κ1) is 20.8. The zero-order chi connectivity index (χ0) is 20.1. The van der Waals surface area contributed by atoms with E-state index in [1.54, 1.807) is 16.7 Å².